The second-order valence-electron chi connectivity index (χ2n) is 6.15. The number of halogens is 1. The molecule has 0 saturated heterocycles. The molecule has 1 N–H and O–H groups in total. The van der Waals surface area contributed by atoms with Gasteiger partial charge in [0.25, 0.3) is 0 Å². The Morgan fingerprint density at radius 3 is 2.84 bits per heavy atom. The van der Waals surface area contributed by atoms with Crippen molar-refractivity contribution in [1.82, 2.24) is 24.7 Å². The number of ether oxygens (including phenoxy) is 1. The molecule has 0 unspecified atom stereocenters. The van der Waals surface area contributed by atoms with Gasteiger partial charge in [0.1, 0.15) is 11.9 Å². The average molecular weight is 440 g/mol. The third kappa shape index (κ3) is 3.85. The van der Waals surface area contributed by atoms with Gasteiger partial charge in [-0.15, -0.1) is 0 Å². The van der Waals surface area contributed by atoms with Crippen LogP contribution in [0.15, 0.2) is 48.9 Å². The van der Waals surface area contributed by atoms with Crippen LogP contribution in [0, 0.1) is 10.1 Å². The molecule has 0 aliphatic carbocycles. The molecule has 0 spiro atoms. The largest absolute Gasteiger partial charge is 0.462 e. The molecule has 31 heavy (non-hydrogen) atoms. The van der Waals surface area contributed by atoms with Gasteiger partial charge < -0.3 is 10.1 Å². The van der Waals surface area contributed by atoms with Gasteiger partial charge >= 0.3 is 11.7 Å². The number of anilines is 2. The number of fused-ring (bicyclic) bond motifs is 1. The zero-order chi connectivity index (χ0) is 22.0. The molecule has 1 aromatic carbocycles. The van der Waals surface area contributed by atoms with Crippen molar-refractivity contribution >= 4 is 45.8 Å². The summed E-state index contributed by atoms with van der Waals surface area (Å²) in [6.07, 6.45) is 2.35. The molecular formula is C19H14ClN7O4. The molecule has 11 nitrogen and oxygen atoms in total. The lowest BCUT2D eigenvalue weighted by Gasteiger charge is -2.11. The number of nitrogens with one attached hydrogen (secondary N) is 1. The monoisotopic (exact) mass is 439 g/mol. The second-order valence-corrected chi connectivity index (χ2v) is 6.50. The Balaban J connectivity index is 1.87. The first kappa shape index (κ1) is 20.2. The van der Waals surface area contributed by atoms with Crippen LogP contribution in [-0.2, 0) is 4.74 Å². The summed E-state index contributed by atoms with van der Waals surface area (Å²) in [6.45, 7) is 1.80. The highest BCUT2D eigenvalue weighted by molar-refractivity contribution is 6.31. The van der Waals surface area contributed by atoms with Crippen molar-refractivity contribution in [2.45, 2.75) is 6.92 Å². The summed E-state index contributed by atoms with van der Waals surface area (Å²) >= 11 is 5.88. The van der Waals surface area contributed by atoms with Gasteiger partial charge in [-0.2, -0.15) is 9.78 Å². The first-order chi connectivity index (χ1) is 15.0. The van der Waals surface area contributed by atoms with Crippen molar-refractivity contribution in [2.75, 3.05) is 11.9 Å². The predicted octanol–water partition coefficient (Wildman–Crippen LogP) is 3.69. The summed E-state index contributed by atoms with van der Waals surface area (Å²) < 4.78 is 6.41. The summed E-state index contributed by atoms with van der Waals surface area (Å²) in [5, 5.41) is 19.0. The maximum atomic E-state index is 12.5. The molecule has 0 atom stereocenters. The molecule has 0 aliphatic rings. The number of aromatic nitrogens is 5. The number of nitrogens with zero attached hydrogens (tertiary/aromatic N) is 6. The van der Waals surface area contributed by atoms with E-state index < -0.39 is 16.6 Å². The summed E-state index contributed by atoms with van der Waals surface area (Å²) in [6, 6.07) is 11.0. The highest BCUT2D eigenvalue weighted by Gasteiger charge is 2.26. The van der Waals surface area contributed by atoms with E-state index in [-0.39, 0.29) is 29.0 Å². The lowest BCUT2D eigenvalue weighted by atomic mass is 10.2. The van der Waals surface area contributed by atoms with Gasteiger partial charge in [-0.1, -0.05) is 29.8 Å². The van der Waals surface area contributed by atoms with Gasteiger partial charge in [0.15, 0.2) is 11.6 Å². The van der Waals surface area contributed by atoms with Gasteiger partial charge in [0.05, 0.1) is 23.2 Å². The molecule has 0 aliphatic heterocycles. The van der Waals surface area contributed by atoms with Crippen molar-refractivity contribution in [1.29, 1.82) is 0 Å². The van der Waals surface area contributed by atoms with Crippen molar-refractivity contribution < 1.29 is 14.5 Å². The molecule has 3 aromatic heterocycles. The molecule has 0 bridgehead atoms. The fourth-order valence-corrected chi connectivity index (χ4v) is 3.10. The van der Waals surface area contributed by atoms with Crippen molar-refractivity contribution in [3.05, 3.63) is 69.8 Å². The van der Waals surface area contributed by atoms with Gasteiger partial charge in [-0.05, 0) is 25.1 Å². The van der Waals surface area contributed by atoms with E-state index in [0.717, 1.165) is 11.7 Å². The van der Waals surface area contributed by atoms with Crippen LogP contribution < -0.4 is 5.32 Å². The van der Waals surface area contributed by atoms with Crippen LogP contribution in [0.5, 0.6) is 0 Å². The number of rotatable bonds is 6. The average Bonchev–Trinajstić information content (AvgIpc) is 3.17. The number of esters is 1. The summed E-state index contributed by atoms with van der Waals surface area (Å²) in [7, 11) is 0. The van der Waals surface area contributed by atoms with E-state index in [2.05, 4.69) is 25.4 Å². The minimum atomic E-state index is -0.719. The molecular weight excluding hydrogens is 426 g/mol. The lowest BCUT2D eigenvalue weighted by molar-refractivity contribution is -0.384. The highest BCUT2D eigenvalue weighted by Crippen LogP contribution is 2.32. The van der Waals surface area contributed by atoms with Gasteiger partial charge in [0.2, 0.25) is 11.0 Å². The van der Waals surface area contributed by atoms with Crippen LogP contribution in [-0.4, -0.2) is 42.2 Å². The maximum Gasteiger partial charge on any atom is 0.348 e. The number of hydrogen-bond acceptors (Lipinski definition) is 9. The third-order valence-electron chi connectivity index (χ3n) is 4.26. The minimum Gasteiger partial charge on any atom is -0.462 e. The number of carbonyl (C=O) groups is 1. The van der Waals surface area contributed by atoms with E-state index in [9.17, 15) is 14.9 Å². The Hall–Kier alpha value is -4.12. The van der Waals surface area contributed by atoms with E-state index in [4.69, 9.17) is 16.3 Å². The molecule has 4 rings (SSSR count). The molecule has 12 heteroatoms. The van der Waals surface area contributed by atoms with Crippen LogP contribution >= 0.6 is 11.6 Å². The normalized spacial score (nSPS) is 10.8. The molecule has 4 aromatic rings. The Bertz CT molecular complexity index is 1310. The first-order valence-corrected chi connectivity index (χ1v) is 9.40. The van der Waals surface area contributed by atoms with Crippen molar-refractivity contribution in [3.8, 4) is 5.82 Å². The molecule has 3 heterocycles. The van der Waals surface area contributed by atoms with Crippen LogP contribution in [0.3, 0.4) is 0 Å². The molecule has 0 saturated carbocycles. The highest BCUT2D eigenvalue weighted by atomic mass is 35.5. The maximum absolute atomic E-state index is 12.5. The fourth-order valence-electron chi connectivity index (χ4n) is 2.90. The van der Waals surface area contributed by atoms with E-state index >= 15 is 0 Å². The number of hydrogen-bond donors (Lipinski definition) is 1. The van der Waals surface area contributed by atoms with Crippen LogP contribution in [0.1, 0.15) is 17.3 Å². The molecule has 0 fully saturated rings. The SMILES string of the molecule is CCOC(=O)c1cnn(-c2ccc3ccccc3n2)c1Nc1ncnc(Cl)c1[N+](=O)[O-]. The first-order valence-electron chi connectivity index (χ1n) is 9.02. The van der Waals surface area contributed by atoms with Crippen LogP contribution in [0.2, 0.25) is 5.15 Å². The summed E-state index contributed by atoms with van der Waals surface area (Å²) in [5.74, 6) is -0.420. The Labute approximate surface area is 179 Å². The van der Waals surface area contributed by atoms with E-state index in [1.165, 1.54) is 10.9 Å². The zero-order valence-corrected chi connectivity index (χ0v) is 16.8. The zero-order valence-electron chi connectivity index (χ0n) is 16.0. The second kappa shape index (κ2) is 8.32. The van der Waals surface area contributed by atoms with E-state index in [0.29, 0.717) is 11.3 Å². The van der Waals surface area contributed by atoms with Crippen LogP contribution in [0.4, 0.5) is 17.3 Å². The third-order valence-corrected chi connectivity index (χ3v) is 4.54. The Morgan fingerprint density at radius 2 is 2.06 bits per heavy atom. The summed E-state index contributed by atoms with van der Waals surface area (Å²) in [4.78, 5) is 35.3. The van der Waals surface area contributed by atoms with Gasteiger partial charge in [-0.3, -0.25) is 10.1 Å². The molecule has 0 amide bonds. The van der Waals surface area contributed by atoms with E-state index in [1.54, 1.807) is 13.0 Å². The topological polar surface area (TPSA) is 138 Å². The number of pyridine rings is 1. The molecule has 0 radical (unpaired) electrons. The lowest BCUT2D eigenvalue weighted by Crippen LogP contribution is -2.11. The standard InChI is InChI=1S/C19H14ClN7O4/c1-2-31-19(28)12-9-23-26(14-8-7-11-5-3-4-6-13(11)24-14)18(12)25-17-15(27(29)30)16(20)21-10-22-17/h3-10H,2H2,1H3,(H,21,22,25). The van der Waals surface area contributed by atoms with Crippen molar-refractivity contribution in [3.63, 3.8) is 0 Å². The number of nitro groups is 1. The quantitative estimate of drug-likeness (QED) is 0.206. The van der Waals surface area contributed by atoms with Gasteiger partial charge in [-0.25, -0.2) is 19.7 Å². The summed E-state index contributed by atoms with van der Waals surface area (Å²) in [5.41, 5.74) is 0.203. The van der Waals surface area contributed by atoms with Gasteiger partial charge in [0, 0.05) is 5.39 Å². The fraction of sp³-hybridized carbons (Fsp3) is 0.105. The Morgan fingerprint density at radius 1 is 1.26 bits per heavy atom. The van der Waals surface area contributed by atoms with Crippen molar-refractivity contribution in [2.24, 2.45) is 0 Å². The smallest absolute Gasteiger partial charge is 0.348 e. The number of para-hydroxylation sites is 1. The predicted molar refractivity (Wildman–Crippen MR) is 112 cm³/mol. The van der Waals surface area contributed by atoms with E-state index in [1.807, 2.05) is 30.3 Å². The minimum absolute atomic E-state index is 0.0424. The number of carbonyl (C=O) groups excluding carboxylic acids is 1. The molecule has 156 valence electrons. The van der Waals surface area contributed by atoms with Crippen LogP contribution in [0.25, 0.3) is 16.7 Å². The number of benzene rings is 1. The Kier molecular flexibility index (Phi) is 5.41.